The molecule has 4 rings (SSSR count). The largest absolute Gasteiger partial charge is 0.464 e. The van der Waals surface area contributed by atoms with Crippen molar-refractivity contribution in [1.29, 1.82) is 5.26 Å². The second-order valence-corrected chi connectivity index (χ2v) is 8.94. The third kappa shape index (κ3) is 5.05. The van der Waals surface area contributed by atoms with Gasteiger partial charge in [0.15, 0.2) is 17.4 Å². The summed E-state index contributed by atoms with van der Waals surface area (Å²) in [6.45, 7) is 4.47. The van der Waals surface area contributed by atoms with Gasteiger partial charge in [-0.2, -0.15) is 5.26 Å². The molecule has 0 aliphatic carbocycles. The molecule has 1 atom stereocenters. The number of amidine groups is 1. The van der Waals surface area contributed by atoms with Crippen LogP contribution in [0, 0.1) is 34.3 Å². The number of halogens is 2. The van der Waals surface area contributed by atoms with E-state index in [1.165, 1.54) is 6.20 Å². The molecular formula is C25H27F2N5O3. The van der Waals surface area contributed by atoms with Gasteiger partial charge in [-0.05, 0) is 30.4 Å². The molecule has 0 saturated carbocycles. The third-order valence-corrected chi connectivity index (χ3v) is 6.39. The highest BCUT2D eigenvalue weighted by atomic mass is 19.1. The number of aliphatic hydroxyl groups excluding tert-OH is 1. The fourth-order valence-corrected chi connectivity index (χ4v) is 3.93. The lowest BCUT2D eigenvalue weighted by Crippen LogP contribution is -2.44. The van der Waals surface area contributed by atoms with Crippen molar-refractivity contribution < 1.29 is 23.4 Å². The fraction of sp³-hybridized carbons (Fsp3) is 0.400. The topological polar surface area (TPSA) is 116 Å². The van der Waals surface area contributed by atoms with E-state index < -0.39 is 22.8 Å². The summed E-state index contributed by atoms with van der Waals surface area (Å²) in [6, 6.07) is 5.98. The molecule has 1 unspecified atom stereocenters. The summed E-state index contributed by atoms with van der Waals surface area (Å²) >= 11 is 0. The van der Waals surface area contributed by atoms with Crippen LogP contribution in [0.15, 0.2) is 35.6 Å². The average molecular weight is 484 g/mol. The summed E-state index contributed by atoms with van der Waals surface area (Å²) < 4.78 is 41.2. The second kappa shape index (κ2) is 10.3. The number of aryl methyl sites for hydroxylation is 1. The molecule has 3 N–H and O–H groups in total. The molecule has 1 aliphatic rings. The molecule has 0 fully saturated rings. The van der Waals surface area contributed by atoms with E-state index in [2.05, 4.69) is 26.3 Å². The van der Waals surface area contributed by atoms with Crippen molar-refractivity contribution in [2.75, 3.05) is 25.1 Å². The zero-order valence-corrected chi connectivity index (χ0v) is 19.6. The van der Waals surface area contributed by atoms with Crippen LogP contribution in [0.2, 0.25) is 0 Å². The van der Waals surface area contributed by atoms with Crippen LogP contribution in [-0.4, -0.2) is 40.9 Å². The number of hydrogen-bond donors (Lipinski definition) is 3. The maximum atomic E-state index is 14.9. The smallest absolute Gasteiger partial charge is 0.289 e. The Bertz CT molecular complexity index is 1260. The van der Waals surface area contributed by atoms with Gasteiger partial charge in [0.25, 0.3) is 6.02 Å². The summed E-state index contributed by atoms with van der Waals surface area (Å²) in [5, 5.41) is 21.9. The van der Waals surface area contributed by atoms with Gasteiger partial charge in [-0.1, -0.05) is 13.8 Å². The summed E-state index contributed by atoms with van der Waals surface area (Å²) in [6.07, 6.45) is 4.88. The summed E-state index contributed by atoms with van der Waals surface area (Å²) in [5.74, 6) is -1.94. The van der Waals surface area contributed by atoms with E-state index in [1.807, 2.05) is 13.8 Å². The molecule has 0 spiro atoms. The van der Waals surface area contributed by atoms with Crippen molar-refractivity contribution in [3.8, 4) is 17.6 Å². The minimum Gasteiger partial charge on any atom is -0.464 e. The van der Waals surface area contributed by atoms with Gasteiger partial charge in [-0.25, -0.2) is 18.8 Å². The number of aliphatic imine (C=N–C) groups is 1. The van der Waals surface area contributed by atoms with Crippen LogP contribution < -0.4 is 10.1 Å². The van der Waals surface area contributed by atoms with Crippen LogP contribution in [0.25, 0.3) is 11.0 Å². The Morgan fingerprint density at radius 2 is 2.11 bits per heavy atom. The summed E-state index contributed by atoms with van der Waals surface area (Å²) in [4.78, 5) is 11.6. The first kappa shape index (κ1) is 24.4. The van der Waals surface area contributed by atoms with Crippen LogP contribution >= 0.6 is 0 Å². The van der Waals surface area contributed by atoms with E-state index >= 15 is 0 Å². The first-order valence-electron chi connectivity index (χ1n) is 11.4. The van der Waals surface area contributed by atoms with Crippen LogP contribution in [-0.2, 0) is 11.2 Å². The molecule has 1 aromatic carbocycles. The van der Waals surface area contributed by atoms with E-state index in [0.29, 0.717) is 36.8 Å². The van der Waals surface area contributed by atoms with E-state index in [9.17, 15) is 13.9 Å². The highest BCUT2D eigenvalue weighted by molar-refractivity contribution is 5.89. The molecule has 10 heteroatoms. The Kier molecular flexibility index (Phi) is 7.17. The van der Waals surface area contributed by atoms with Crippen molar-refractivity contribution in [2.45, 2.75) is 33.1 Å². The van der Waals surface area contributed by atoms with Gasteiger partial charge < -0.3 is 24.9 Å². The van der Waals surface area contributed by atoms with E-state index in [1.54, 1.807) is 12.3 Å². The van der Waals surface area contributed by atoms with Crippen molar-refractivity contribution in [3.63, 3.8) is 0 Å². The van der Waals surface area contributed by atoms with Crippen molar-refractivity contribution in [3.05, 3.63) is 47.8 Å². The van der Waals surface area contributed by atoms with Crippen molar-refractivity contribution in [2.24, 2.45) is 16.3 Å². The van der Waals surface area contributed by atoms with Crippen LogP contribution in [0.1, 0.15) is 32.3 Å². The van der Waals surface area contributed by atoms with Crippen LogP contribution in [0.4, 0.5) is 14.5 Å². The maximum Gasteiger partial charge on any atom is 0.289 e. The Balaban J connectivity index is 1.54. The van der Waals surface area contributed by atoms with Crippen molar-refractivity contribution in [1.82, 2.24) is 9.97 Å². The standard InChI is InChI=1S/C25H27F2N5O3/c1-15(2)25(13-33)12-31-24(34-14-25)32-17-9-18(26)22(19(27)10-17)35-20-6-8-29-23-21(20)16(11-30-23)5-3-4-7-28/h6,8-11,15,33H,3-5,12-14H2,1-2H3,(H,29,30)(H,31,32). The third-order valence-electron chi connectivity index (χ3n) is 6.39. The predicted octanol–water partition coefficient (Wildman–Crippen LogP) is 4.91. The number of hydrogen-bond acceptors (Lipinski definition) is 7. The molecule has 35 heavy (non-hydrogen) atoms. The number of fused-ring (bicyclic) bond motifs is 1. The summed E-state index contributed by atoms with van der Waals surface area (Å²) in [7, 11) is 0. The molecule has 3 aromatic rings. The van der Waals surface area contributed by atoms with Gasteiger partial charge in [0.2, 0.25) is 0 Å². The predicted molar refractivity (Wildman–Crippen MR) is 127 cm³/mol. The first-order chi connectivity index (χ1) is 16.9. The van der Waals surface area contributed by atoms with Gasteiger partial charge in [0.1, 0.15) is 18.0 Å². The second-order valence-electron chi connectivity index (χ2n) is 8.94. The maximum absolute atomic E-state index is 14.9. The summed E-state index contributed by atoms with van der Waals surface area (Å²) in [5.41, 5.74) is 1.01. The van der Waals surface area contributed by atoms with Gasteiger partial charge in [-0.15, -0.1) is 0 Å². The number of aromatic nitrogens is 2. The number of anilines is 1. The number of aliphatic hydroxyl groups is 1. The number of ether oxygens (including phenoxy) is 2. The lowest BCUT2D eigenvalue weighted by molar-refractivity contribution is 0.0180. The average Bonchev–Trinajstić information content (AvgIpc) is 3.26. The Morgan fingerprint density at radius 3 is 2.74 bits per heavy atom. The lowest BCUT2D eigenvalue weighted by Gasteiger charge is -2.37. The molecule has 8 nitrogen and oxygen atoms in total. The monoisotopic (exact) mass is 483 g/mol. The quantitative estimate of drug-likeness (QED) is 0.392. The first-order valence-corrected chi connectivity index (χ1v) is 11.4. The fourth-order valence-electron chi connectivity index (χ4n) is 3.93. The number of pyridine rings is 1. The lowest BCUT2D eigenvalue weighted by atomic mass is 9.78. The highest BCUT2D eigenvalue weighted by Gasteiger charge is 2.37. The highest BCUT2D eigenvalue weighted by Crippen LogP contribution is 2.36. The molecule has 0 radical (unpaired) electrons. The molecule has 1 aliphatic heterocycles. The van der Waals surface area contributed by atoms with E-state index in [-0.39, 0.29) is 36.6 Å². The van der Waals surface area contributed by atoms with Gasteiger partial charge in [0, 0.05) is 42.0 Å². The molecule has 0 amide bonds. The number of rotatable bonds is 8. The van der Waals surface area contributed by atoms with Gasteiger partial charge in [0.05, 0.1) is 24.6 Å². The molecule has 3 heterocycles. The molecule has 0 bridgehead atoms. The Labute approximate surface area is 201 Å². The van der Waals surface area contributed by atoms with E-state index in [4.69, 9.17) is 14.7 Å². The Morgan fingerprint density at radius 1 is 1.34 bits per heavy atom. The minimum atomic E-state index is -0.901. The molecule has 184 valence electrons. The molecular weight excluding hydrogens is 456 g/mol. The van der Waals surface area contributed by atoms with Crippen LogP contribution in [0.3, 0.4) is 0 Å². The number of H-pyrrole nitrogens is 1. The number of nitrogens with one attached hydrogen (secondary N) is 2. The number of nitriles is 1. The van der Waals surface area contributed by atoms with Gasteiger partial charge in [-0.3, -0.25) is 0 Å². The van der Waals surface area contributed by atoms with Gasteiger partial charge >= 0.3 is 0 Å². The zero-order chi connectivity index (χ0) is 25.0. The number of unbranched alkanes of at least 4 members (excludes halogenated alkanes) is 1. The zero-order valence-electron chi connectivity index (χ0n) is 19.6. The molecule has 2 aromatic heterocycles. The van der Waals surface area contributed by atoms with E-state index in [0.717, 1.165) is 17.7 Å². The SMILES string of the molecule is CC(C)C1(CO)CN=C(Nc2cc(F)c(Oc3ccnc4[nH]cc(CCCC#N)c34)c(F)c2)OC1. The molecule has 0 saturated heterocycles. The number of benzene rings is 1. The van der Waals surface area contributed by atoms with Crippen LogP contribution in [0.5, 0.6) is 11.5 Å². The number of nitrogens with zero attached hydrogens (tertiary/aromatic N) is 3. The normalized spacial score (nSPS) is 17.7. The Hall–Kier alpha value is -3.71. The minimum absolute atomic E-state index is 0.0693. The number of aromatic amines is 1. The van der Waals surface area contributed by atoms with Crippen molar-refractivity contribution >= 4 is 22.7 Å².